The van der Waals surface area contributed by atoms with Gasteiger partial charge < -0.3 is 9.67 Å². The van der Waals surface area contributed by atoms with Gasteiger partial charge in [-0.05, 0) is 30.5 Å². The quantitative estimate of drug-likeness (QED) is 0.909. The van der Waals surface area contributed by atoms with E-state index in [4.69, 9.17) is 5.11 Å². The van der Waals surface area contributed by atoms with E-state index in [2.05, 4.69) is 0 Å². The van der Waals surface area contributed by atoms with Crippen molar-refractivity contribution in [1.82, 2.24) is 4.57 Å². The van der Waals surface area contributed by atoms with Gasteiger partial charge in [0.2, 0.25) is 0 Å². The molecule has 0 fully saturated rings. The van der Waals surface area contributed by atoms with E-state index >= 15 is 0 Å². The second-order valence-electron chi connectivity index (χ2n) is 4.46. The van der Waals surface area contributed by atoms with Crippen LogP contribution in [-0.2, 0) is 18.0 Å². The van der Waals surface area contributed by atoms with Gasteiger partial charge in [0.25, 0.3) is 0 Å². The molecule has 0 saturated carbocycles. The molecule has 2 aromatic rings. The molecule has 0 amide bonds. The van der Waals surface area contributed by atoms with Gasteiger partial charge in [0.05, 0.1) is 11.5 Å². The Bertz CT molecular complexity index is 643. The number of hydrogen-bond acceptors (Lipinski definition) is 1. The van der Waals surface area contributed by atoms with Gasteiger partial charge in [-0.1, -0.05) is 6.07 Å². The lowest BCUT2D eigenvalue weighted by Crippen LogP contribution is -2.11. The summed E-state index contributed by atoms with van der Waals surface area (Å²) in [4.78, 5) is 11.0. The number of rotatable bonds is 2. The Morgan fingerprint density at radius 2 is 1.95 bits per heavy atom. The van der Waals surface area contributed by atoms with E-state index < -0.39 is 23.6 Å². The molecular formula is C13H12F3NO2. The number of alkyl halides is 3. The van der Waals surface area contributed by atoms with Crippen molar-refractivity contribution in [2.75, 3.05) is 0 Å². The van der Waals surface area contributed by atoms with Crippen molar-refractivity contribution in [3.8, 4) is 0 Å². The van der Waals surface area contributed by atoms with E-state index in [1.165, 1.54) is 17.6 Å². The van der Waals surface area contributed by atoms with Crippen molar-refractivity contribution in [1.29, 1.82) is 0 Å². The summed E-state index contributed by atoms with van der Waals surface area (Å²) in [7, 11) is 1.57. The first kappa shape index (κ1) is 13.5. The van der Waals surface area contributed by atoms with E-state index in [0.29, 0.717) is 16.6 Å². The highest BCUT2D eigenvalue weighted by atomic mass is 19.4. The van der Waals surface area contributed by atoms with Crippen LogP contribution in [-0.4, -0.2) is 15.6 Å². The Labute approximate surface area is 107 Å². The van der Waals surface area contributed by atoms with Crippen LogP contribution in [0.3, 0.4) is 0 Å². The number of aromatic nitrogens is 1. The number of hydrogen-bond donors (Lipinski definition) is 1. The molecule has 6 heteroatoms. The minimum atomic E-state index is -4.41. The number of carboxylic acids is 1. The van der Waals surface area contributed by atoms with Gasteiger partial charge in [-0.15, -0.1) is 0 Å². The molecule has 1 unspecified atom stereocenters. The van der Waals surface area contributed by atoms with Crippen molar-refractivity contribution in [2.24, 2.45) is 7.05 Å². The van der Waals surface area contributed by atoms with E-state index in [1.54, 1.807) is 13.1 Å². The van der Waals surface area contributed by atoms with Gasteiger partial charge in [-0.25, -0.2) is 0 Å². The maximum Gasteiger partial charge on any atom is 0.416 e. The number of aryl methyl sites for hydroxylation is 1. The van der Waals surface area contributed by atoms with Gasteiger partial charge in [-0.3, -0.25) is 4.79 Å². The standard InChI is InChI=1S/C13H12F3NO2/c1-7(12(18)19)10-5-8-3-4-9(13(14,15)16)6-11(8)17(10)2/h3-7H,1-2H3,(H,18,19). The lowest BCUT2D eigenvalue weighted by Gasteiger charge is -2.09. The predicted molar refractivity (Wildman–Crippen MR) is 64.0 cm³/mol. The Kier molecular flexibility index (Phi) is 3.04. The monoisotopic (exact) mass is 271 g/mol. The Morgan fingerprint density at radius 1 is 1.32 bits per heavy atom. The Balaban J connectivity index is 2.62. The van der Waals surface area contributed by atoms with Crippen LogP contribution < -0.4 is 0 Å². The number of fused-ring (bicyclic) bond motifs is 1. The summed E-state index contributed by atoms with van der Waals surface area (Å²) in [5, 5.41) is 9.57. The summed E-state index contributed by atoms with van der Waals surface area (Å²) in [6, 6.07) is 5.00. The molecule has 0 radical (unpaired) electrons. The van der Waals surface area contributed by atoms with Crippen LogP contribution in [0.2, 0.25) is 0 Å². The summed E-state index contributed by atoms with van der Waals surface area (Å²) >= 11 is 0. The number of carboxylic acid groups (broad SMARTS) is 1. The van der Waals surface area contributed by atoms with Crippen molar-refractivity contribution < 1.29 is 23.1 Å². The Hall–Kier alpha value is -1.98. The van der Waals surface area contributed by atoms with Crippen LogP contribution >= 0.6 is 0 Å². The molecule has 1 atom stereocenters. The molecule has 0 saturated heterocycles. The van der Waals surface area contributed by atoms with Crippen molar-refractivity contribution in [3.63, 3.8) is 0 Å². The molecule has 1 heterocycles. The van der Waals surface area contributed by atoms with Crippen LogP contribution in [0, 0.1) is 0 Å². The van der Waals surface area contributed by atoms with Crippen LogP contribution in [0.25, 0.3) is 10.9 Å². The third kappa shape index (κ3) is 2.30. The smallest absolute Gasteiger partial charge is 0.416 e. The number of carbonyl (C=O) groups is 1. The van der Waals surface area contributed by atoms with Crippen molar-refractivity contribution >= 4 is 16.9 Å². The van der Waals surface area contributed by atoms with Gasteiger partial charge >= 0.3 is 12.1 Å². The largest absolute Gasteiger partial charge is 0.481 e. The normalized spacial score (nSPS) is 13.7. The lowest BCUT2D eigenvalue weighted by molar-refractivity contribution is -0.139. The van der Waals surface area contributed by atoms with Gasteiger partial charge in [-0.2, -0.15) is 13.2 Å². The molecule has 0 bridgehead atoms. The summed E-state index contributed by atoms with van der Waals surface area (Å²) in [5.74, 6) is -1.78. The number of nitrogens with zero attached hydrogens (tertiary/aromatic N) is 1. The second kappa shape index (κ2) is 4.29. The molecule has 0 aliphatic rings. The van der Waals surface area contributed by atoms with Crippen LogP contribution in [0.15, 0.2) is 24.3 Å². The van der Waals surface area contributed by atoms with E-state index in [9.17, 15) is 18.0 Å². The maximum atomic E-state index is 12.6. The van der Waals surface area contributed by atoms with Crippen molar-refractivity contribution in [2.45, 2.75) is 19.0 Å². The lowest BCUT2D eigenvalue weighted by atomic mass is 10.1. The van der Waals surface area contributed by atoms with E-state index in [1.807, 2.05) is 0 Å². The third-order valence-electron chi connectivity index (χ3n) is 3.22. The van der Waals surface area contributed by atoms with Gasteiger partial charge in [0.15, 0.2) is 0 Å². The fraction of sp³-hybridized carbons (Fsp3) is 0.308. The molecule has 0 spiro atoms. The topological polar surface area (TPSA) is 42.2 Å². The average Bonchev–Trinajstić information content (AvgIpc) is 2.64. The molecule has 3 nitrogen and oxygen atoms in total. The highest BCUT2D eigenvalue weighted by molar-refractivity contribution is 5.85. The molecule has 0 aliphatic heterocycles. The zero-order valence-electron chi connectivity index (χ0n) is 10.3. The summed E-state index contributed by atoms with van der Waals surface area (Å²) in [5.41, 5.74) is 0.107. The van der Waals surface area contributed by atoms with E-state index in [0.717, 1.165) is 12.1 Å². The fourth-order valence-electron chi connectivity index (χ4n) is 2.07. The molecule has 1 aromatic carbocycles. The molecular weight excluding hydrogens is 259 g/mol. The third-order valence-corrected chi connectivity index (χ3v) is 3.22. The number of benzene rings is 1. The minimum absolute atomic E-state index is 0.373. The molecule has 102 valence electrons. The average molecular weight is 271 g/mol. The molecule has 1 N–H and O–H groups in total. The van der Waals surface area contributed by atoms with Crippen molar-refractivity contribution in [3.05, 3.63) is 35.5 Å². The molecule has 2 rings (SSSR count). The maximum absolute atomic E-state index is 12.6. The zero-order chi connectivity index (χ0) is 14.4. The fourth-order valence-corrected chi connectivity index (χ4v) is 2.07. The summed E-state index contributed by atoms with van der Waals surface area (Å²) in [6.07, 6.45) is -4.41. The van der Waals surface area contributed by atoms with Gasteiger partial charge in [0, 0.05) is 18.3 Å². The minimum Gasteiger partial charge on any atom is -0.481 e. The van der Waals surface area contributed by atoms with Crippen LogP contribution in [0.4, 0.5) is 13.2 Å². The highest BCUT2D eigenvalue weighted by Crippen LogP contribution is 2.33. The summed E-state index contributed by atoms with van der Waals surface area (Å²) < 4.78 is 39.4. The number of aliphatic carboxylic acids is 1. The molecule has 1 aromatic heterocycles. The van der Waals surface area contributed by atoms with Gasteiger partial charge in [0.1, 0.15) is 0 Å². The second-order valence-corrected chi connectivity index (χ2v) is 4.46. The Morgan fingerprint density at radius 3 is 2.47 bits per heavy atom. The number of halogens is 3. The first-order valence-corrected chi connectivity index (χ1v) is 5.61. The molecule has 0 aliphatic carbocycles. The SMILES string of the molecule is CC(C(=O)O)c1cc2ccc(C(F)(F)F)cc2n1C. The highest BCUT2D eigenvalue weighted by Gasteiger charge is 2.31. The summed E-state index contributed by atoms with van der Waals surface area (Å²) in [6.45, 7) is 1.50. The molecule has 19 heavy (non-hydrogen) atoms. The first-order chi connectivity index (χ1) is 8.71. The first-order valence-electron chi connectivity index (χ1n) is 5.61. The van der Waals surface area contributed by atoms with E-state index in [-0.39, 0.29) is 0 Å². The van der Waals surface area contributed by atoms with Crippen LogP contribution in [0.5, 0.6) is 0 Å². The van der Waals surface area contributed by atoms with Crippen LogP contribution in [0.1, 0.15) is 24.1 Å². The predicted octanol–water partition coefficient (Wildman–Crippen LogP) is 3.39. The zero-order valence-corrected chi connectivity index (χ0v) is 10.3.